The van der Waals surface area contributed by atoms with Crippen molar-refractivity contribution in [1.29, 1.82) is 0 Å². The second-order valence-corrected chi connectivity index (χ2v) is 4.27. The molecular formula is C10H14O11. The third-order valence-corrected chi connectivity index (χ3v) is 2.73. The molecule has 0 aromatic heterocycles. The SMILES string of the molecule is O=C(CC(=O)C(=O)O)OC1(O)O[C@H](CO)[C@@H](O)[C@H](O)[C@H]1O. The van der Waals surface area contributed by atoms with E-state index in [1.165, 1.54) is 0 Å². The Kier molecular flexibility index (Phi) is 5.33. The van der Waals surface area contributed by atoms with Gasteiger partial charge in [0.25, 0.3) is 5.78 Å². The summed E-state index contributed by atoms with van der Waals surface area (Å²) in [5.74, 6) is -8.15. The lowest BCUT2D eigenvalue weighted by Gasteiger charge is -2.43. The van der Waals surface area contributed by atoms with E-state index in [-0.39, 0.29) is 0 Å². The Labute approximate surface area is 116 Å². The lowest BCUT2D eigenvalue weighted by molar-refractivity contribution is -0.434. The zero-order chi connectivity index (χ0) is 16.4. The molecule has 0 radical (unpaired) electrons. The standard InChI is InChI=1S/C10H14O11/c11-2-4-6(14)7(15)8(16)10(19,20-4)21-5(13)1-3(12)9(17)18/h4,6-8,11,14-16,19H,1-2H2,(H,17,18)/t4-,6-,7+,8-,10?/m1/s1. The fraction of sp³-hybridized carbons (Fsp3) is 0.700. The molecule has 0 aromatic rings. The number of esters is 1. The maximum absolute atomic E-state index is 11.3. The van der Waals surface area contributed by atoms with E-state index in [2.05, 4.69) is 9.47 Å². The number of ketones is 1. The highest BCUT2D eigenvalue weighted by atomic mass is 16.8. The topological polar surface area (TPSA) is 191 Å². The lowest BCUT2D eigenvalue weighted by Crippen LogP contribution is -2.66. The molecule has 0 bridgehead atoms. The predicted octanol–water partition coefficient (Wildman–Crippen LogP) is -4.31. The number of hydrogen-bond donors (Lipinski definition) is 6. The first-order valence-electron chi connectivity index (χ1n) is 5.65. The quantitative estimate of drug-likeness (QED) is 0.124. The van der Waals surface area contributed by atoms with E-state index in [1.807, 2.05) is 0 Å². The molecular weight excluding hydrogens is 296 g/mol. The molecule has 1 aliphatic heterocycles. The van der Waals surface area contributed by atoms with Crippen molar-refractivity contribution >= 4 is 17.7 Å². The van der Waals surface area contributed by atoms with Crippen LogP contribution in [-0.4, -0.2) is 85.4 Å². The minimum atomic E-state index is -3.15. The number of carboxylic acid groups (broad SMARTS) is 1. The monoisotopic (exact) mass is 310 g/mol. The van der Waals surface area contributed by atoms with Gasteiger partial charge in [-0.3, -0.25) is 9.59 Å². The average molecular weight is 310 g/mol. The highest BCUT2D eigenvalue weighted by molar-refractivity contribution is 6.35. The molecule has 11 heteroatoms. The van der Waals surface area contributed by atoms with E-state index in [4.69, 9.17) is 10.2 Å². The van der Waals surface area contributed by atoms with Crippen LogP contribution in [0.15, 0.2) is 0 Å². The van der Waals surface area contributed by atoms with Crippen molar-refractivity contribution in [3.63, 3.8) is 0 Å². The molecule has 6 N–H and O–H groups in total. The van der Waals surface area contributed by atoms with Gasteiger partial charge in [0, 0.05) is 0 Å². The van der Waals surface area contributed by atoms with Gasteiger partial charge in [0.2, 0.25) is 0 Å². The normalized spacial score (nSPS) is 36.0. The van der Waals surface area contributed by atoms with E-state index in [9.17, 15) is 34.8 Å². The van der Waals surface area contributed by atoms with Crippen molar-refractivity contribution in [3.05, 3.63) is 0 Å². The Balaban J connectivity index is 2.81. The Morgan fingerprint density at radius 2 is 1.71 bits per heavy atom. The molecule has 1 heterocycles. The van der Waals surface area contributed by atoms with Crippen LogP contribution in [0.4, 0.5) is 0 Å². The van der Waals surface area contributed by atoms with Gasteiger partial charge in [0.15, 0.2) is 6.10 Å². The van der Waals surface area contributed by atoms with Gasteiger partial charge >= 0.3 is 17.9 Å². The third kappa shape index (κ3) is 3.72. The van der Waals surface area contributed by atoms with Gasteiger partial charge in [0.05, 0.1) is 6.61 Å². The molecule has 1 aliphatic rings. The minimum absolute atomic E-state index is 0.890. The lowest BCUT2D eigenvalue weighted by atomic mass is 9.98. The Morgan fingerprint density at radius 3 is 2.19 bits per heavy atom. The number of carbonyl (C=O) groups is 3. The number of carboxylic acids is 1. The second-order valence-electron chi connectivity index (χ2n) is 4.27. The maximum Gasteiger partial charge on any atom is 0.372 e. The summed E-state index contributed by atoms with van der Waals surface area (Å²) in [6.45, 7) is -0.890. The van der Waals surface area contributed by atoms with E-state index < -0.39 is 61.1 Å². The summed E-state index contributed by atoms with van der Waals surface area (Å²) in [6.07, 6.45) is -8.94. The Bertz CT molecular complexity index is 433. The number of aliphatic hydroxyl groups is 5. The van der Waals surface area contributed by atoms with E-state index in [0.717, 1.165) is 0 Å². The van der Waals surface area contributed by atoms with Crippen molar-refractivity contribution in [2.75, 3.05) is 6.61 Å². The summed E-state index contributed by atoms with van der Waals surface area (Å²) in [5, 5.41) is 55.4. The molecule has 0 aliphatic carbocycles. The number of ether oxygens (including phenoxy) is 2. The van der Waals surface area contributed by atoms with Crippen molar-refractivity contribution in [2.45, 2.75) is 36.8 Å². The largest absolute Gasteiger partial charge is 0.475 e. The number of carbonyl (C=O) groups excluding carboxylic acids is 2. The number of Topliss-reactive ketones (excluding diaryl/α,β-unsaturated/α-hetero) is 1. The zero-order valence-electron chi connectivity index (χ0n) is 10.4. The van der Waals surface area contributed by atoms with Crippen molar-refractivity contribution in [3.8, 4) is 0 Å². The molecule has 120 valence electrons. The molecule has 11 nitrogen and oxygen atoms in total. The van der Waals surface area contributed by atoms with E-state index >= 15 is 0 Å². The van der Waals surface area contributed by atoms with Gasteiger partial charge < -0.3 is 40.1 Å². The number of aliphatic hydroxyl groups excluding tert-OH is 4. The smallest absolute Gasteiger partial charge is 0.372 e. The van der Waals surface area contributed by atoms with Crippen molar-refractivity contribution in [1.82, 2.24) is 0 Å². The summed E-state index contributed by atoms with van der Waals surface area (Å²) >= 11 is 0. The van der Waals surface area contributed by atoms with Crippen LogP contribution in [0.3, 0.4) is 0 Å². The van der Waals surface area contributed by atoms with Crippen LogP contribution in [0.5, 0.6) is 0 Å². The van der Waals surface area contributed by atoms with Crippen LogP contribution in [0.25, 0.3) is 0 Å². The van der Waals surface area contributed by atoms with Crippen LogP contribution < -0.4 is 0 Å². The zero-order valence-corrected chi connectivity index (χ0v) is 10.4. The number of hydrogen-bond acceptors (Lipinski definition) is 10. The average Bonchev–Trinajstić information content (AvgIpc) is 2.40. The maximum atomic E-state index is 11.3. The van der Waals surface area contributed by atoms with Crippen LogP contribution in [-0.2, 0) is 23.9 Å². The fourth-order valence-electron chi connectivity index (χ4n) is 1.61. The molecule has 21 heavy (non-hydrogen) atoms. The molecule has 1 rings (SSSR count). The first-order chi connectivity index (χ1) is 9.62. The molecule has 5 atom stereocenters. The summed E-state index contributed by atoms with van der Waals surface area (Å²) in [5.41, 5.74) is 0. The molecule has 0 amide bonds. The van der Waals surface area contributed by atoms with Crippen molar-refractivity contribution < 1.29 is 54.5 Å². The summed E-state index contributed by atoms with van der Waals surface area (Å²) < 4.78 is 8.82. The fourth-order valence-corrected chi connectivity index (χ4v) is 1.61. The van der Waals surface area contributed by atoms with Crippen LogP contribution >= 0.6 is 0 Å². The highest BCUT2D eigenvalue weighted by Crippen LogP contribution is 2.29. The third-order valence-electron chi connectivity index (χ3n) is 2.73. The molecule has 0 aromatic carbocycles. The summed E-state index contributed by atoms with van der Waals surface area (Å²) in [4.78, 5) is 32.4. The minimum Gasteiger partial charge on any atom is -0.475 e. The van der Waals surface area contributed by atoms with Gasteiger partial charge in [-0.1, -0.05) is 0 Å². The van der Waals surface area contributed by atoms with E-state index in [0.29, 0.717) is 0 Å². The molecule has 1 unspecified atom stereocenters. The Hall–Kier alpha value is -1.63. The number of rotatable bonds is 5. The predicted molar refractivity (Wildman–Crippen MR) is 58.3 cm³/mol. The first-order valence-corrected chi connectivity index (χ1v) is 5.65. The molecule has 0 spiro atoms. The van der Waals surface area contributed by atoms with Gasteiger partial charge in [-0.25, -0.2) is 4.79 Å². The van der Waals surface area contributed by atoms with Gasteiger partial charge in [-0.2, -0.15) is 0 Å². The Morgan fingerprint density at radius 1 is 1.14 bits per heavy atom. The molecule has 1 fully saturated rings. The summed E-state index contributed by atoms with van der Waals surface area (Å²) in [6, 6.07) is 0. The highest BCUT2D eigenvalue weighted by Gasteiger charge is 2.55. The van der Waals surface area contributed by atoms with Crippen LogP contribution in [0.1, 0.15) is 6.42 Å². The van der Waals surface area contributed by atoms with Gasteiger partial charge in [-0.15, -0.1) is 0 Å². The molecule has 0 saturated carbocycles. The van der Waals surface area contributed by atoms with Crippen LogP contribution in [0, 0.1) is 0 Å². The van der Waals surface area contributed by atoms with Crippen LogP contribution in [0.2, 0.25) is 0 Å². The number of aliphatic carboxylic acids is 1. The van der Waals surface area contributed by atoms with Gasteiger partial charge in [-0.05, 0) is 0 Å². The summed E-state index contributed by atoms with van der Waals surface area (Å²) in [7, 11) is 0. The van der Waals surface area contributed by atoms with Gasteiger partial charge in [0.1, 0.15) is 24.7 Å². The second kappa shape index (κ2) is 6.43. The van der Waals surface area contributed by atoms with Crippen molar-refractivity contribution in [2.24, 2.45) is 0 Å². The first kappa shape index (κ1) is 17.4. The molecule has 1 saturated heterocycles. The van der Waals surface area contributed by atoms with E-state index in [1.54, 1.807) is 0 Å².